The van der Waals surface area contributed by atoms with Crippen LogP contribution in [0.2, 0.25) is 0 Å². The molecule has 0 saturated carbocycles. The molecule has 0 unspecified atom stereocenters. The van der Waals surface area contributed by atoms with Gasteiger partial charge in [-0.15, -0.1) is 0 Å². The first-order valence-corrected chi connectivity index (χ1v) is 5.93. The molecule has 0 aromatic heterocycles. The van der Waals surface area contributed by atoms with E-state index in [2.05, 4.69) is 24.1 Å². The molecule has 92 valence electrons. The van der Waals surface area contributed by atoms with Crippen LogP contribution in [-0.2, 0) is 11.3 Å². The van der Waals surface area contributed by atoms with Crippen molar-refractivity contribution in [3.05, 3.63) is 29.8 Å². The number of carbonyl (C=O) groups excluding carboxylic acids is 1. The lowest BCUT2D eigenvalue weighted by Gasteiger charge is -2.22. The first kappa shape index (κ1) is 11.9. The topological polar surface area (TPSA) is 49.6 Å². The van der Waals surface area contributed by atoms with E-state index in [1.165, 1.54) is 11.3 Å². The molecule has 2 N–H and O–H groups in total. The van der Waals surface area contributed by atoms with E-state index < -0.39 is 6.04 Å². The predicted octanol–water partition coefficient (Wildman–Crippen LogP) is 0.812. The Morgan fingerprint density at radius 3 is 2.76 bits per heavy atom. The molecular weight excluding hydrogens is 214 g/mol. The van der Waals surface area contributed by atoms with Gasteiger partial charge in [0.05, 0.1) is 6.04 Å². The SMILES string of the molecule is C[C@@H](N)C(=O)N1CCN(C)c2ccccc2C1. The standard InChI is InChI=1S/C13H19N3O/c1-10(14)13(17)16-8-7-15(2)12-6-4-3-5-11(12)9-16/h3-6,10H,7-9,14H2,1-2H3/t10-/m1/s1. The number of anilines is 1. The van der Waals surface area contributed by atoms with Crippen LogP contribution in [0.5, 0.6) is 0 Å². The lowest BCUT2D eigenvalue weighted by Crippen LogP contribution is -2.43. The van der Waals surface area contributed by atoms with Crippen LogP contribution in [0.1, 0.15) is 12.5 Å². The molecule has 0 saturated heterocycles. The fourth-order valence-electron chi connectivity index (χ4n) is 2.17. The smallest absolute Gasteiger partial charge is 0.239 e. The Labute approximate surface area is 102 Å². The van der Waals surface area contributed by atoms with Crippen molar-refractivity contribution in [3.63, 3.8) is 0 Å². The second-order valence-electron chi connectivity index (χ2n) is 4.60. The molecule has 0 radical (unpaired) electrons. The number of rotatable bonds is 1. The highest BCUT2D eigenvalue weighted by Crippen LogP contribution is 2.23. The Kier molecular flexibility index (Phi) is 3.33. The Morgan fingerprint density at radius 2 is 2.06 bits per heavy atom. The fraction of sp³-hybridized carbons (Fsp3) is 0.462. The maximum absolute atomic E-state index is 11.9. The summed E-state index contributed by atoms with van der Waals surface area (Å²) in [7, 11) is 2.05. The van der Waals surface area contributed by atoms with Crippen molar-refractivity contribution in [3.8, 4) is 0 Å². The number of fused-ring (bicyclic) bond motifs is 1. The predicted molar refractivity (Wildman–Crippen MR) is 68.8 cm³/mol. The highest BCUT2D eigenvalue weighted by molar-refractivity contribution is 5.81. The largest absolute Gasteiger partial charge is 0.373 e. The van der Waals surface area contributed by atoms with Crippen molar-refractivity contribution >= 4 is 11.6 Å². The average molecular weight is 233 g/mol. The molecule has 0 fully saturated rings. The van der Waals surface area contributed by atoms with Crippen LogP contribution in [0, 0.1) is 0 Å². The van der Waals surface area contributed by atoms with E-state index in [1.54, 1.807) is 6.92 Å². The van der Waals surface area contributed by atoms with Crippen LogP contribution in [0.3, 0.4) is 0 Å². The average Bonchev–Trinajstić information content (AvgIpc) is 2.48. The quantitative estimate of drug-likeness (QED) is 0.781. The molecule has 1 aliphatic heterocycles. The normalized spacial score (nSPS) is 17.4. The Balaban J connectivity index is 2.26. The van der Waals surface area contributed by atoms with Crippen LogP contribution in [0.4, 0.5) is 5.69 Å². The van der Waals surface area contributed by atoms with Crippen LogP contribution in [0.25, 0.3) is 0 Å². The zero-order chi connectivity index (χ0) is 12.4. The van der Waals surface area contributed by atoms with Crippen LogP contribution < -0.4 is 10.6 Å². The van der Waals surface area contributed by atoms with Gasteiger partial charge >= 0.3 is 0 Å². The molecule has 1 aromatic rings. The molecule has 4 nitrogen and oxygen atoms in total. The van der Waals surface area contributed by atoms with Crippen molar-refractivity contribution in [1.29, 1.82) is 0 Å². The van der Waals surface area contributed by atoms with Gasteiger partial charge in [-0.3, -0.25) is 4.79 Å². The summed E-state index contributed by atoms with van der Waals surface area (Å²) in [5, 5.41) is 0. The van der Waals surface area contributed by atoms with Crippen LogP contribution in [0.15, 0.2) is 24.3 Å². The van der Waals surface area contributed by atoms with Crippen molar-refractivity contribution in [2.75, 3.05) is 25.0 Å². The lowest BCUT2D eigenvalue weighted by atomic mass is 10.1. The molecule has 4 heteroatoms. The maximum atomic E-state index is 11.9. The Hall–Kier alpha value is -1.55. The maximum Gasteiger partial charge on any atom is 0.239 e. The molecule has 0 spiro atoms. The van der Waals surface area contributed by atoms with Gasteiger partial charge in [-0.1, -0.05) is 18.2 Å². The molecule has 17 heavy (non-hydrogen) atoms. The summed E-state index contributed by atoms with van der Waals surface area (Å²) in [5.74, 6) is 0.0232. The highest BCUT2D eigenvalue weighted by Gasteiger charge is 2.22. The van der Waals surface area contributed by atoms with Gasteiger partial charge in [-0.2, -0.15) is 0 Å². The van der Waals surface area contributed by atoms with Gasteiger partial charge in [-0.25, -0.2) is 0 Å². The molecule has 1 aromatic carbocycles. The van der Waals surface area contributed by atoms with Crippen molar-refractivity contribution in [2.24, 2.45) is 5.73 Å². The number of hydrogen-bond donors (Lipinski definition) is 1. The zero-order valence-electron chi connectivity index (χ0n) is 10.4. The number of carbonyl (C=O) groups is 1. The molecule has 1 heterocycles. The van der Waals surface area contributed by atoms with E-state index in [-0.39, 0.29) is 5.91 Å². The number of nitrogens with zero attached hydrogens (tertiary/aromatic N) is 2. The lowest BCUT2D eigenvalue weighted by molar-refractivity contribution is -0.132. The zero-order valence-corrected chi connectivity index (χ0v) is 10.4. The van der Waals surface area contributed by atoms with Gasteiger partial charge in [0.15, 0.2) is 0 Å². The van der Waals surface area contributed by atoms with Crippen molar-refractivity contribution in [1.82, 2.24) is 4.90 Å². The van der Waals surface area contributed by atoms with Crippen molar-refractivity contribution in [2.45, 2.75) is 19.5 Å². The third kappa shape index (κ3) is 2.42. The monoisotopic (exact) mass is 233 g/mol. The van der Waals surface area contributed by atoms with E-state index in [9.17, 15) is 4.79 Å². The molecule has 0 aliphatic carbocycles. The minimum atomic E-state index is -0.425. The first-order chi connectivity index (χ1) is 8.09. The third-order valence-electron chi connectivity index (χ3n) is 3.17. The van der Waals surface area contributed by atoms with Gasteiger partial charge in [0.25, 0.3) is 0 Å². The summed E-state index contributed by atoms with van der Waals surface area (Å²) in [4.78, 5) is 16.0. The molecule has 2 rings (SSSR count). The summed E-state index contributed by atoms with van der Waals surface area (Å²) < 4.78 is 0. The molecule has 0 bridgehead atoms. The van der Waals surface area contributed by atoms with E-state index in [1.807, 2.05) is 17.0 Å². The number of para-hydroxylation sites is 1. The summed E-state index contributed by atoms with van der Waals surface area (Å²) in [6, 6.07) is 7.77. The van der Waals surface area contributed by atoms with Crippen molar-refractivity contribution < 1.29 is 4.79 Å². The molecule has 1 aliphatic rings. The van der Waals surface area contributed by atoms with Gasteiger partial charge in [0.1, 0.15) is 0 Å². The highest BCUT2D eigenvalue weighted by atomic mass is 16.2. The van der Waals surface area contributed by atoms with E-state index in [0.717, 1.165) is 13.1 Å². The number of nitrogens with two attached hydrogens (primary N) is 1. The van der Waals surface area contributed by atoms with E-state index in [4.69, 9.17) is 5.73 Å². The number of hydrogen-bond acceptors (Lipinski definition) is 3. The van der Waals surface area contributed by atoms with Gasteiger partial charge in [-0.05, 0) is 18.6 Å². The van der Waals surface area contributed by atoms with Gasteiger partial charge in [0, 0.05) is 32.4 Å². The second-order valence-corrected chi connectivity index (χ2v) is 4.60. The van der Waals surface area contributed by atoms with Crippen LogP contribution in [-0.4, -0.2) is 37.0 Å². The summed E-state index contributed by atoms with van der Waals surface area (Å²) in [6.07, 6.45) is 0. The molecular formula is C13H19N3O. The first-order valence-electron chi connectivity index (χ1n) is 5.93. The second kappa shape index (κ2) is 4.75. The summed E-state index contributed by atoms with van der Waals surface area (Å²) in [5.41, 5.74) is 8.05. The third-order valence-corrected chi connectivity index (χ3v) is 3.17. The molecule has 1 amide bonds. The number of benzene rings is 1. The minimum Gasteiger partial charge on any atom is -0.373 e. The van der Waals surface area contributed by atoms with E-state index >= 15 is 0 Å². The van der Waals surface area contributed by atoms with Gasteiger partial charge in [0.2, 0.25) is 5.91 Å². The molecule has 1 atom stereocenters. The summed E-state index contributed by atoms with van der Waals surface area (Å²) in [6.45, 7) is 3.96. The Morgan fingerprint density at radius 1 is 1.35 bits per heavy atom. The minimum absolute atomic E-state index is 0.0232. The van der Waals surface area contributed by atoms with Gasteiger partial charge < -0.3 is 15.5 Å². The van der Waals surface area contributed by atoms with Crippen LogP contribution >= 0.6 is 0 Å². The number of amides is 1. The summed E-state index contributed by atoms with van der Waals surface area (Å²) >= 11 is 0. The number of likely N-dealkylation sites (N-methyl/N-ethyl adjacent to an activating group) is 1. The fourth-order valence-corrected chi connectivity index (χ4v) is 2.17. The van der Waals surface area contributed by atoms with E-state index in [0.29, 0.717) is 6.54 Å². The Bertz CT molecular complexity index is 417.